The lowest BCUT2D eigenvalue weighted by Gasteiger charge is -2.08. The van der Waals surface area contributed by atoms with Crippen LogP contribution in [0.5, 0.6) is 0 Å². The van der Waals surface area contributed by atoms with E-state index in [2.05, 4.69) is 20.6 Å². The van der Waals surface area contributed by atoms with Gasteiger partial charge in [0.15, 0.2) is 0 Å². The topological polar surface area (TPSA) is 77.6 Å². The Morgan fingerprint density at radius 2 is 1.72 bits per heavy atom. The number of hydrogen-bond acceptors (Lipinski definition) is 4. The molecule has 0 aliphatic carbocycles. The van der Waals surface area contributed by atoms with Gasteiger partial charge in [-0.3, -0.25) is 9.36 Å². The van der Waals surface area contributed by atoms with Gasteiger partial charge in [0.05, 0.1) is 11.4 Å². The zero-order chi connectivity index (χ0) is 17.1. The van der Waals surface area contributed by atoms with Crippen LogP contribution in [0.2, 0.25) is 0 Å². The second kappa shape index (κ2) is 6.40. The lowest BCUT2D eigenvalue weighted by molar-refractivity contribution is 0.102. The minimum atomic E-state index is -0.173. The summed E-state index contributed by atoms with van der Waals surface area (Å²) < 4.78 is 3.51. The van der Waals surface area contributed by atoms with Crippen molar-refractivity contribution in [3.8, 4) is 11.4 Å². The van der Waals surface area contributed by atoms with Gasteiger partial charge < -0.3 is 5.32 Å². The molecule has 0 spiro atoms. The maximum Gasteiger partial charge on any atom is 0.255 e. The predicted octanol–water partition coefficient (Wildman–Crippen LogP) is 2.71. The second-order valence-electron chi connectivity index (χ2n) is 5.37. The molecule has 25 heavy (non-hydrogen) atoms. The maximum absolute atomic E-state index is 12.4. The molecule has 7 heteroatoms. The van der Waals surface area contributed by atoms with E-state index in [1.54, 1.807) is 40.2 Å². The highest BCUT2D eigenvalue weighted by atomic mass is 16.1. The first-order valence-corrected chi connectivity index (χ1v) is 7.66. The van der Waals surface area contributed by atoms with Crippen molar-refractivity contribution < 1.29 is 4.79 Å². The van der Waals surface area contributed by atoms with Crippen molar-refractivity contribution >= 4 is 11.6 Å². The molecule has 0 saturated heterocycles. The largest absolute Gasteiger partial charge is 0.322 e. The molecule has 4 aromatic rings. The predicted molar refractivity (Wildman–Crippen MR) is 92.9 cm³/mol. The molecule has 0 saturated carbocycles. The van der Waals surface area contributed by atoms with E-state index in [1.807, 2.05) is 48.7 Å². The first-order chi connectivity index (χ1) is 12.3. The Hall–Kier alpha value is -3.74. The van der Waals surface area contributed by atoms with Crippen LogP contribution >= 0.6 is 0 Å². The van der Waals surface area contributed by atoms with E-state index >= 15 is 0 Å². The van der Waals surface area contributed by atoms with Crippen LogP contribution in [0.3, 0.4) is 0 Å². The second-order valence-corrected chi connectivity index (χ2v) is 5.37. The van der Waals surface area contributed by atoms with Crippen LogP contribution in [0, 0.1) is 0 Å². The molecule has 1 N–H and O–H groups in total. The number of rotatable bonds is 4. The van der Waals surface area contributed by atoms with Gasteiger partial charge in [-0.1, -0.05) is 6.07 Å². The Kier molecular flexibility index (Phi) is 3.80. The Morgan fingerprint density at radius 3 is 2.44 bits per heavy atom. The number of benzene rings is 2. The number of aromatic nitrogens is 5. The first-order valence-electron chi connectivity index (χ1n) is 7.66. The van der Waals surface area contributed by atoms with Gasteiger partial charge in [-0.15, -0.1) is 10.2 Å². The molecule has 0 atom stereocenters. The number of nitrogens with zero attached hydrogens (tertiary/aromatic N) is 5. The van der Waals surface area contributed by atoms with Crippen LogP contribution in [-0.2, 0) is 0 Å². The molecule has 2 heterocycles. The Morgan fingerprint density at radius 1 is 0.920 bits per heavy atom. The van der Waals surface area contributed by atoms with E-state index in [-0.39, 0.29) is 5.91 Å². The molecule has 122 valence electrons. The summed E-state index contributed by atoms with van der Waals surface area (Å²) in [6, 6.07) is 16.6. The zero-order valence-electron chi connectivity index (χ0n) is 13.1. The van der Waals surface area contributed by atoms with Crippen molar-refractivity contribution in [2.24, 2.45) is 0 Å². The van der Waals surface area contributed by atoms with Crippen molar-refractivity contribution in [3.05, 3.63) is 85.2 Å². The van der Waals surface area contributed by atoms with Gasteiger partial charge in [0.2, 0.25) is 0 Å². The summed E-state index contributed by atoms with van der Waals surface area (Å²) in [6.07, 6.45) is 6.78. The molecular weight excluding hydrogens is 316 g/mol. The van der Waals surface area contributed by atoms with Crippen molar-refractivity contribution in [3.63, 3.8) is 0 Å². The normalized spacial score (nSPS) is 10.6. The Bertz CT molecular complexity index is 975. The van der Waals surface area contributed by atoms with Crippen LogP contribution in [0.4, 0.5) is 5.69 Å². The maximum atomic E-state index is 12.4. The van der Waals surface area contributed by atoms with E-state index in [4.69, 9.17) is 0 Å². The van der Waals surface area contributed by atoms with Crippen molar-refractivity contribution in [1.82, 2.24) is 24.5 Å². The van der Waals surface area contributed by atoms with Crippen molar-refractivity contribution in [1.29, 1.82) is 0 Å². The van der Waals surface area contributed by atoms with Gasteiger partial charge in [0.1, 0.15) is 12.7 Å². The highest BCUT2D eigenvalue weighted by molar-refractivity contribution is 6.04. The molecule has 0 radical (unpaired) electrons. The number of anilines is 1. The highest BCUT2D eigenvalue weighted by Crippen LogP contribution is 2.16. The number of hydrogen-bond donors (Lipinski definition) is 1. The Balaban J connectivity index is 1.51. The number of carbonyl (C=O) groups is 1. The third kappa shape index (κ3) is 3.16. The van der Waals surface area contributed by atoms with Crippen LogP contribution in [0.15, 0.2) is 79.6 Å². The molecule has 2 aromatic carbocycles. The smallest absolute Gasteiger partial charge is 0.255 e. The number of carbonyl (C=O) groups excluding carboxylic acids is 1. The van der Waals surface area contributed by atoms with E-state index in [0.717, 1.165) is 11.4 Å². The van der Waals surface area contributed by atoms with E-state index in [0.29, 0.717) is 11.3 Å². The van der Waals surface area contributed by atoms with Gasteiger partial charge in [-0.05, 0) is 48.5 Å². The average molecular weight is 330 g/mol. The Labute approximate surface area is 143 Å². The fourth-order valence-corrected chi connectivity index (χ4v) is 2.47. The summed E-state index contributed by atoms with van der Waals surface area (Å²) >= 11 is 0. The van der Waals surface area contributed by atoms with E-state index in [1.165, 1.54) is 0 Å². The van der Waals surface area contributed by atoms with Crippen LogP contribution in [0.1, 0.15) is 10.4 Å². The van der Waals surface area contributed by atoms with Gasteiger partial charge in [-0.2, -0.15) is 5.10 Å². The fourth-order valence-electron chi connectivity index (χ4n) is 2.47. The summed E-state index contributed by atoms with van der Waals surface area (Å²) in [6.45, 7) is 0. The summed E-state index contributed by atoms with van der Waals surface area (Å²) in [7, 11) is 0. The molecule has 0 fully saturated rings. The summed E-state index contributed by atoms with van der Waals surface area (Å²) in [5, 5.41) is 14.6. The molecule has 1 amide bonds. The molecule has 0 aliphatic rings. The minimum absolute atomic E-state index is 0.173. The number of nitrogens with one attached hydrogen (secondary N) is 1. The third-order valence-corrected chi connectivity index (χ3v) is 3.72. The van der Waals surface area contributed by atoms with Crippen LogP contribution in [-0.4, -0.2) is 30.5 Å². The minimum Gasteiger partial charge on any atom is -0.322 e. The molecule has 4 rings (SSSR count). The van der Waals surface area contributed by atoms with Gasteiger partial charge in [-0.25, -0.2) is 4.68 Å². The number of amides is 1. The highest BCUT2D eigenvalue weighted by Gasteiger charge is 2.07. The van der Waals surface area contributed by atoms with Gasteiger partial charge in [0, 0.05) is 23.6 Å². The lowest BCUT2D eigenvalue weighted by Crippen LogP contribution is -2.12. The summed E-state index contributed by atoms with van der Waals surface area (Å²) in [4.78, 5) is 12.4. The average Bonchev–Trinajstić information content (AvgIpc) is 3.36. The van der Waals surface area contributed by atoms with E-state index in [9.17, 15) is 4.79 Å². The van der Waals surface area contributed by atoms with Gasteiger partial charge in [0.25, 0.3) is 5.91 Å². The fraction of sp³-hybridized carbons (Fsp3) is 0. The molecule has 0 unspecified atom stereocenters. The summed E-state index contributed by atoms with van der Waals surface area (Å²) in [5.74, 6) is -0.173. The van der Waals surface area contributed by atoms with Crippen LogP contribution < -0.4 is 5.32 Å². The first kappa shape index (κ1) is 14.8. The van der Waals surface area contributed by atoms with Crippen molar-refractivity contribution in [2.75, 3.05) is 5.32 Å². The molecule has 2 aromatic heterocycles. The van der Waals surface area contributed by atoms with Crippen LogP contribution in [0.25, 0.3) is 11.4 Å². The lowest BCUT2D eigenvalue weighted by atomic mass is 10.2. The quantitative estimate of drug-likeness (QED) is 0.624. The van der Waals surface area contributed by atoms with E-state index < -0.39 is 0 Å². The molecular formula is C18H14N6O. The standard InChI is InChI=1S/C18H14N6O/c25-18(14-5-7-16(8-6-14)24-10-2-9-21-24)22-15-3-1-4-17(11-15)23-12-19-20-13-23/h1-13H,(H,22,25). The van der Waals surface area contributed by atoms with Crippen molar-refractivity contribution in [2.45, 2.75) is 0 Å². The zero-order valence-corrected chi connectivity index (χ0v) is 13.1. The molecule has 7 nitrogen and oxygen atoms in total. The monoisotopic (exact) mass is 330 g/mol. The molecule has 0 bridgehead atoms. The molecule has 0 aliphatic heterocycles. The third-order valence-electron chi connectivity index (χ3n) is 3.72. The van der Waals surface area contributed by atoms with Gasteiger partial charge >= 0.3 is 0 Å². The SMILES string of the molecule is O=C(Nc1cccc(-n2cnnc2)c1)c1ccc(-n2cccn2)cc1. The summed E-state index contributed by atoms with van der Waals surface area (Å²) in [5.41, 5.74) is 3.05.